The van der Waals surface area contributed by atoms with Crippen LogP contribution in [-0.2, 0) is 16.0 Å². The van der Waals surface area contributed by atoms with Crippen molar-refractivity contribution in [2.75, 3.05) is 7.11 Å². The molecule has 0 spiro atoms. The van der Waals surface area contributed by atoms with Gasteiger partial charge in [0.15, 0.2) is 0 Å². The standard InChI is InChI=1S/C15H19NO4/c1-10(15(18)19)16(12-6-7-12)14(17)9-11-4-3-5-13(8-11)20-2/h3-5,8,10,12H,6-7,9H2,1-2H3,(H,18,19). The van der Waals surface area contributed by atoms with E-state index >= 15 is 0 Å². The van der Waals surface area contributed by atoms with Crippen LogP contribution in [0.1, 0.15) is 25.3 Å². The second-order valence-corrected chi connectivity index (χ2v) is 5.07. The molecule has 108 valence electrons. The smallest absolute Gasteiger partial charge is 0.326 e. The van der Waals surface area contributed by atoms with E-state index in [2.05, 4.69) is 0 Å². The van der Waals surface area contributed by atoms with Gasteiger partial charge in [-0.15, -0.1) is 0 Å². The minimum Gasteiger partial charge on any atom is -0.497 e. The SMILES string of the molecule is COc1cccc(CC(=O)N(C2CC2)C(C)C(=O)O)c1. The van der Waals surface area contributed by atoms with Gasteiger partial charge in [0.05, 0.1) is 13.5 Å². The van der Waals surface area contributed by atoms with E-state index < -0.39 is 12.0 Å². The summed E-state index contributed by atoms with van der Waals surface area (Å²) in [7, 11) is 1.57. The number of rotatable bonds is 6. The van der Waals surface area contributed by atoms with Crippen molar-refractivity contribution < 1.29 is 19.4 Å². The number of ether oxygens (including phenoxy) is 1. The Morgan fingerprint density at radius 3 is 2.70 bits per heavy atom. The number of carbonyl (C=O) groups excluding carboxylic acids is 1. The molecule has 20 heavy (non-hydrogen) atoms. The van der Waals surface area contributed by atoms with Gasteiger partial charge in [0.1, 0.15) is 11.8 Å². The zero-order valence-corrected chi connectivity index (χ0v) is 11.7. The van der Waals surface area contributed by atoms with E-state index in [-0.39, 0.29) is 18.4 Å². The average Bonchev–Trinajstić information content (AvgIpc) is 3.23. The molecule has 1 amide bonds. The molecule has 5 heteroatoms. The van der Waals surface area contributed by atoms with Crippen molar-refractivity contribution in [1.29, 1.82) is 0 Å². The summed E-state index contributed by atoms with van der Waals surface area (Å²) >= 11 is 0. The quantitative estimate of drug-likeness (QED) is 0.859. The summed E-state index contributed by atoms with van der Waals surface area (Å²) < 4.78 is 5.12. The number of benzene rings is 1. The van der Waals surface area contributed by atoms with Crippen LogP contribution in [0.3, 0.4) is 0 Å². The topological polar surface area (TPSA) is 66.8 Å². The molecule has 5 nitrogen and oxygen atoms in total. The number of hydrogen-bond acceptors (Lipinski definition) is 3. The molecule has 0 aromatic heterocycles. The largest absolute Gasteiger partial charge is 0.497 e. The number of amides is 1. The molecular weight excluding hydrogens is 258 g/mol. The van der Waals surface area contributed by atoms with Crippen molar-refractivity contribution in [2.45, 2.75) is 38.3 Å². The highest BCUT2D eigenvalue weighted by molar-refractivity contribution is 5.85. The van der Waals surface area contributed by atoms with Crippen LogP contribution in [0, 0.1) is 0 Å². The Bertz CT molecular complexity index is 510. The Labute approximate surface area is 118 Å². The number of methoxy groups -OCH3 is 1. The second kappa shape index (κ2) is 5.94. The summed E-state index contributed by atoms with van der Waals surface area (Å²) in [6, 6.07) is 6.58. The summed E-state index contributed by atoms with van der Waals surface area (Å²) in [6.07, 6.45) is 1.98. The molecule has 1 atom stereocenters. The Hall–Kier alpha value is -2.04. The molecule has 1 aliphatic carbocycles. The molecule has 0 bridgehead atoms. The Morgan fingerprint density at radius 2 is 2.15 bits per heavy atom. The van der Waals surface area contributed by atoms with E-state index in [1.807, 2.05) is 18.2 Å². The molecule has 2 rings (SSSR count). The van der Waals surface area contributed by atoms with Gasteiger partial charge in [-0.05, 0) is 37.5 Å². The van der Waals surface area contributed by atoms with E-state index in [1.54, 1.807) is 20.1 Å². The minimum absolute atomic E-state index is 0.0826. The monoisotopic (exact) mass is 277 g/mol. The summed E-state index contributed by atoms with van der Waals surface area (Å²) in [4.78, 5) is 25.0. The second-order valence-electron chi connectivity index (χ2n) is 5.07. The van der Waals surface area contributed by atoms with Gasteiger partial charge >= 0.3 is 5.97 Å². The molecule has 1 aromatic carbocycles. The number of aliphatic carboxylic acids is 1. The minimum atomic E-state index is -0.962. The molecule has 1 aromatic rings. The van der Waals surface area contributed by atoms with E-state index in [4.69, 9.17) is 9.84 Å². The maximum absolute atomic E-state index is 12.4. The van der Waals surface area contributed by atoms with Gasteiger partial charge in [0, 0.05) is 6.04 Å². The molecule has 0 saturated heterocycles. The van der Waals surface area contributed by atoms with Crippen molar-refractivity contribution in [3.8, 4) is 5.75 Å². The van der Waals surface area contributed by atoms with Crippen LogP contribution < -0.4 is 4.74 Å². The lowest BCUT2D eigenvalue weighted by Gasteiger charge is -2.26. The predicted octanol–water partition coefficient (Wildman–Crippen LogP) is 1.70. The Kier molecular flexibility index (Phi) is 4.27. The van der Waals surface area contributed by atoms with Crippen LogP contribution in [0.4, 0.5) is 0 Å². The summed E-state index contributed by atoms with van der Waals surface area (Å²) in [5.41, 5.74) is 0.831. The van der Waals surface area contributed by atoms with E-state index in [0.29, 0.717) is 5.75 Å². The number of carboxylic acids is 1. The van der Waals surface area contributed by atoms with Crippen LogP contribution in [0.5, 0.6) is 5.75 Å². The van der Waals surface area contributed by atoms with Crippen LogP contribution in [-0.4, -0.2) is 41.1 Å². The highest BCUT2D eigenvalue weighted by Crippen LogP contribution is 2.29. The normalized spacial score (nSPS) is 15.5. The molecule has 1 aliphatic rings. The third kappa shape index (κ3) is 3.29. The molecule has 1 unspecified atom stereocenters. The molecule has 1 fully saturated rings. The lowest BCUT2D eigenvalue weighted by molar-refractivity contribution is -0.149. The Morgan fingerprint density at radius 1 is 1.45 bits per heavy atom. The first-order valence-electron chi connectivity index (χ1n) is 6.70. The molecule has 0 heterocycles. The van der Waals surface area contributed by atoms with Crippen molar-refractivity contribution in [2.24, 2.45) is 0 Å². The first-order valence-corrected chi connectivity index (χ1v) is 6.70. The zero-order valence-electron chi connectivity index (χ0n) is 11.7. The van der Waals surface area contributed by atoms with Crippen molar-refractivity contribution in [3.63, 3.8) is 0 Å². The maximum atomic E-state index is 12.4. The third-order valence-electron chi connectivity index (χ3n) is 3.49. The predicted molar refractivity (Wildman–Crippen MR) is 73.7 cm³/mol. The first-order chi connectivity index (χ1) is 9.52. The van der Waals surface area contributed by atoms with Crippen molar-refractivity contribution in [3.05, 3.63) is 29.8 Å². The molecule has 1 N–H and O–H groups in total. The van der Waals surface area contributed by atoms with Gasteiger partial charge in [-0.1, -0.05) is 12.1 Å². The molecule has 0 radical (unpaired) electrons. The van der Waals surface area contributed by atoms with Gasteiger partial charge in [-0.3, -0.25) is 4.79 Å². The molecular formula is C15H19NO4. The summed E-state index contributed by atoms with van der Waals surface area (Å²) in [6.45, 7) is 1.56. The van der Waals surface area contributed by atoms with Gasteiger partial charge in [-0.2, -0.15) is 0 Å². The van der Waals surface area contributed by atoms with Crippen LogP contribution in [0.15, 0.2) is 24.3 Å². The van der Waals surface area contributed by atoms with E-state index in [1.165, 1.54) is 4.90 Å². The van der Waals surface area contributed by atoms with Gasteiger partial charge in [0.25, 0.3) is 0 Å². The van der Waals surface area contributed by atoms with Gasteiger partial charge < -0.3 is 14.7 Å². The van der Waals surface area contributed by atoms with Gasteiger partial charge in [-0.25, -0.2) is 4.79 Å². The van der Waals surface area contributed by atoms with Crippen molar-refractivity contribution in [1.82, 2.24) is 4.90 Å². The number of hydrogen-bond donors (Lipinski definition) is 1. The third-order valence-corrected chi connectivity index (χ3v) is 3.49. The molecule has 0 aliphatic heterocycles. The van der Waals surface area contributed by atoms with Crippen LogP contribution in [0.2, 0.25) is 0 Å². The maximum Gasteiger partial charge on any atom is 0.326 e. The highest BCUT2D eigenvalue weighted by Gasteiger charge is 2.38. The Balaban J connectivity index is 2.10. The van der Waals surface area contributed by atoms with Crippen molar-refractivity contribution >= 4 is 11.9 Å². The molecule has 1 saturated carbocycles. The summed E-state index contributed by atoms with van der Waals surface area (Å²) in [5, 5.41) is 9.11. The summed E-state index contributed by atoms with van der Waals surface area (Å²) in [5.74, 6) is -0.411. The lowest BCUT2D eigenvalue weighted by atomic mass is 10.1. The van der Waals surface area contributed by atoms with E-state index in [9.17, 15) is 9.59 Å². The fourth-order valence-electron chi connectivity index (χ4n) is 2.26. The number of nitrogens with zero attached hydrogens (tertiary/aromatic N) is 1. The number of carbonyl (C=O) groups is 2. The first kappa shape index (κ1) is 14.4. The fraction of sp³-hybridized carbons (Fsp3) is 0.467. The van der Waals surface area contributed by atoms with Crippen LogP contribution in [0.25, 0.3) is 0 Å². The lowest BCUT2D eigenvalue weighted by Crippen LogP contribution is -2.45. The van der Waals surface area contributed by atoms with Crippen LogP contribution >= 0.6 is 0 Å². The number of carboxylic acid groups (broad SMARTS) is 1. The van der Waals surface area contributed by atoms with Gasteiger partial charge in [0.2, 0.25) is 5.91 Å². The fourth-order valence-corrected chi connectivity index (χ4v) is 2.26. The average molecular weight is 277 g/mol. The zero-order chi connectivity index (χ0) is 14.7. The highest BCUT2D eigenvalue weighted by atomic mass is 16.5. The van der Waals surface area contributed by atoms with E-state index in [0.717, 1.165) is 18.4 Å².